The summed E-state index contributed by atoms with van der Waals surface area (Å²) in [6, 6.07) is 18.4. The first-order chi connectivity index (χ1) is 18.7. The molecule has 1 unspecified atom stereocenters. The fraction of sp³-hybridized carbons (Fsp3) is 0.250. The number of aliphatic imine (C=N–C) groups is 1. The number of benzene rings is 3. The predicted molar refractivity (Wildman–Crippen MR) is 144 cm³/mol. The standard InChI is InChI=1S/C28H26F3N3O4S/c1-3-38-23-9-5-8-21(15-23)32-26(36)24-16-25(35)34(17-18-10-12-22(37-2)13-11-18)27(39-24)33-20-7-4-6-19(14-20)28(29,30)31/h4-15,24H,3,16-17H2,1-2H3,(H,32,36). The number of halogens is 3. The molecule has 3 aromatic carbocycles. The van der Waals surface area contributed by atoms with E-state index in [0.29, 0.717) is 23.8 Å². The van der Waals surface area contributed by atoms with E-state index >= 15 is 0 Å². The normalized spacial score (nSPS) is 16.7. The average Bonchev–Trinajstić information content (AvgIpc) is 2.91. The van der Waals surface area contributed by atoms with Crippen molar-refractivity contribution in [3.05, 3.63) is 83.9 Å². The number of carbonyl (C=O) groups excluding carboxylic acids is 2. The van der Waals surface area contributed by atoms with Gasteiger partial charge in [0.1, 0.15) is 16.7 Å². The van der Waals surface area contributed by atoms with Gasteiger partial charge in [-0.3, -0.25) is 14.5 Å². The van der Waals surface area contributed by atoms with Crippen LogP contribution in [0.2, 0.25) is 0 Å². The Morgan fingerprint density at radius 2 is 1.82 bits per heavy atom. The van der Waals surface area contributed by atoms with Crippen molar-refractivity contribution in [1.29, 1.82) is 0 Å². The number of thioether (sulfide) groups is 1. The Balaban J connectivity index is 1.62. The molecule has 4 rings (SSSR count). The Morgan fingerprint density at radius 1 is 1.08 bits per heavy atom. The molecule has 3 aromatic rings. The maximum atomic E-state index is 13.3. The van der Waals surface area contributed by atoms with E-state index < -0.39 is 22.9 Å². The van der Waals surface area contributed by atoms with Crippen LogP contribution in [0.25, 0.3) is 0 Å². The Morgan fingerprint density at radius 3 is 2.51 bits per heavy atom. The average molecular weight is 558 g/mol. The third kappa shape index (κ3) is 7.32. The Kier molecular flexibility index (Phi) is 8.80. The second kappa shape index (κ2) is 12.2. The predicted octanol–water partition coefficient (Wildman–Crippen LogP) is 6.27. The molecule has 2 amide bonds. The van der Waals surface area contributed by atoms with Crippen LogP contribution in [-0.4, -0.2) is 40.8 Å². The second-order valence-corrected chi connectivity index (χ2v) is 9.70. The van der Waals surface area contributed by atoms with Gasteiger partial charge in [-0.25, -0.2) is 4.99 Å². The number of rotatable bonds is 8. The number of nitrogens with one attached hydrogen (secondary N) is 1. The van der Waals surface area contributed by atoms with E-state index in [9.17, 15) is 22.8 Å². The van der Waals surface area contributed by atoms with Gasteiger partial charge in [-0.05, 0) is 55.0 Å². The van der Waals surface area contributed by atoms with E-state index in [1.54, 1.807) is 48.5 Å². The molecule has 1 aliphatic rings. The maximum Gasteiger partial charge on any atom is 0.416 e. The first kappa shape index (κ1) is 28.0. The van der Waals surface area contributed by atoms with Gasteiger partial charge < -0.3 is 14.8 Å². The highest BCUT2D eigenvalue weighted by atomic mass is 32.2. The van der Waals surface area contributed by atoms with Gasteiger partial charge in [0.15, 0.2) is 5.17 Å². The molecule has 11 heteroatoms. The molecular formula is C28H26F3N3O4S. The molecule has 1 atom stereocenters. The van der Waals surface area contributed by atoms with Gasteiger partial charge in [0.25, 0.3) is 0 Å². The second-order valence-electron chi connectivity index (χ2n) is 8.53. The minimum atomic E-state index is -4.55. The molecule has 0 spiro atoms. The third-order valence-corrected chi connectivity index (χ3v) is 6.93. The summed E-state index contributed by atoms with van der Waals surface area (Å²) in [5.74, 6) is 0.419. The zero-order valence-corrected chi connectivity index (χ0v) is 22.0. The zero-order chi connectivity index (χ0) is 28.0. The summed E-state index contributed by atoms with van der Waals surface area (Å²) < 4.78 is 50.5. The fourth-order valence-corrected chi connectivity index (χ4v) is 4.92. The van der Waals surface area contributed by atoms with Gasteiger partial charge in [-0.2, -0.15) is 13.2 Å². The smallest absolute Gasteiger partial charge is 0.416 e. The van der Waals surface area contributed by atoms with E-state index in [-0.39, 0.29) is 29.7 Å². The number of nitrogens with zero attached hydrogens (tertiary/aromatic N) is 2. The van der Waals surface area contributed by atoms with Gasteiger partial charge in [0.05, 0.1) is 31.5 Å². The number of hydrogen-bond donors (Lipinski definition) is 1. The quantitative estimate of drug-likeness (QED) is 0.353. The topological polar surface area (TPSA) is 80.2 Å². The van der Waals surface area contributed by atoms with Crippen LogP contribution < -0.4 is 14.8 Å². The van der Waals surface area contributed by atoms with E-state index in [0.717, 1.165) is 29.5 Å². The summed E-state index contributed by atoms with van der Waals surface area (Å²) >= 11 is 1.03. The van der Waals surface area contributed by atoms with Gasteiger partial charge in [0, 0.05) is 18.2 Å². The van der Waals surface area contributed by atoms with Crippen LogP contribution >= 0.6 is 11.8 Å². The van der Waals surface area contributed by atoms with Crippen LogP contribution in [0.4, 0.5) is 24.5 Å². The van der Waals surface area contributed by atoms with Crippen molar-refractivity contribution in [3.8, 4) is 11.5 Å². The number of alkyl halides is 3. The lowest BCUT2D eigenvalue weighted by molar-refractivity contribution is -0.137. The zero-order valence-electron chi connectivity index (χ0n) is 21.2. The minimum absolute atomic E-state index is 0.0188. The number of carbonyl (C=O) groups is 2. The lowest BCUT2D eigenvalue weighted by atomic mass is 10.2. The maximum absolute atomic E-state index is 13.3. The number of methoxy groups -OCH3 is 1. The summed E-state index contributed by atoms with van der Waals surface area (Å²) in [7, 11) is 1.54. The van der Waals surface area contributed by atoms with E-state index in [4.69, 9.17) is 9.47 Å². The van der Waals surface area contributed by atoms with Crippen LogP contribution in [-0.2, 0) is 22.3 Å². The summed E-state index contributed by atoms with van der Waals surface area (Å²) in [4.78, 5) is 32.2. The van der Waals surface area contributed by atoms with Crippen molar-refractivity contribution in [2.24, 2.45) is 4.99 Å². The van der Waals surface area contributed by atoms with Gasteiger partial charge in [-0.15, -0.1) is 0 Å². The summed E-state index contributed by atoms with van der Waals surface area (Å²) in [6.45, 7) is 2.43. The minimum Gasteiger partial charge on any atom is -0.497 e. The molecular weight excluding hydrogens is 531 g/mol. The van der Waals surface area contributed by atoms with E-state index in [1.807, 2.05) is 6.92 Å². The number of amides is 2. The molecule has 1 aliphatic heterocycles. The van der Waals surface area contributed by atoms with Gasteiger partial charge in [-0.1, -0.05) is 36.0 Å². The molecule has 1 fully saturated rings. The summed E-state index contributed by atoms with van der Waals surface area (Å²) in [5, 5.41) is 2.08. The van der Waals surface area contributed by atoms with Crippen LogP contribution in [0.15, 0.2) is 77.8 Å². The number of amidine groups is 1. The highest BCUT2D eigenvalue weighted by Gasteiger charge is 2.36. The molecule has 39 heavy (non-hydrogen) atoms. The molecule has 0 aliphatic carbocycles. The van der Waals surface area contributed by atoms with Crippen molar-refractivity contribution in [2.75, 3.05) is 19.0 Å². The lowest BCUT2D eigenvalue weighted by Gasteiger charge is -2.32. The highest BCUT2D eigenvalue weighted by molar-refractivity contribution is 8.15. The molecule has 0 saturated carbocycles. The van der Waals surface area contributed by atoms with Gasteiger partial charge >= 0.3 is 6.18 Å². The van der Waals surface area contributed by atoms with Crippen LogP contribution in [0.1, 0.15) is 24.5 Å². The van der Waals surface area contributed by atoms with Crippen LogP contribution in [0.3, 0.4) is 0 Å². The molecule has 0 bridgehead atoms. The Bertz CT molecular complexity index is 1360. The first-order valence-electron chi connectivity index (χ1n) is 12.1. The molecule has 0 aromatic heterocycles. The third-order valence-electron chi connectivity index (χ3n) is 5.74. The monoisotopic (exact) mass is 557 g/mol. The largest absolute Gasteiger partial charge is 0.497 e. The summed E-state index contributed by atoms with van der Waals surface area (Å²) in [5.41, 5.74) is 0.417. The Labute approximate surface area is 228 Å². The summed E-state index contributed by atoms with van der Waals surface area (Å²) in [6.07, 6.45) is -4.66. The SMILES string of the molecule is CCOc1cccc(NC(=O)C2CC(=O)N(Cc3ccc(OC)cc3)C(=Nc3cccc(C(F)(F)F)c3)S2)c1. The highest BCUT2D eigenvalue weighted by Crippen LogP contribution is 2.34. The van der Waals surface area contributed by atoms with Crippen molar-refractivity contribution < 1.29 is 32.2 Å². The van der Waals surface area contributed by atoms with Gasteiger partial charge in [0.2, 0.25) is 11.8 Å². The molecule has 1 N–H and O–H groups in total. The van der Waals surface area contributed by atoms with Crippen molar-refractivity contribution in [3.63, 3.8) is 0 Å². The lowest BCUT2D eigenvalue weighted by Crippen LogP contribution is -2.44. The van der Waals surface area contributed by atoms with E-state index in [1.165, 1.54) is 24.1 Å². The van der Waals surface area contributed by atoms with Crippen LogP contribution in [0.5, 0.6) is 11.5 Å². The first-order valence-corrected chi connectivity index (χ1v) is 12.9. The Hall–Kier alpha value is -3.99. The van der Waals surface area contributed by atoms with Crippen LogP contribution in [0, 0.1) is 0 Å². The number of ether oxygens (including phenoxy) is 2. The molecule has 7 nitrogen and oxygen atoms in total. The fourth-order valence-electron chi connectivity index (χ4n) is 3.83. The van der Waals surface area contributed by atoms with Crippen molar-refractivity contribution in [1.82, 2.24) is 4.90 Å². The molecule has 1 saturated heterocycles. The van der Waals surface area contributed by atoms with Crippen molar-refractivity contribution >= 4 is 40.1 Å². The van der Waals surface area contributed by atoms with Crippen molar-refractivity contribution in [2.45, 2.75) is 31.3 Å². The molecule has 0 radical (unpaired) electrons. The molecule has 1 heterocycles. The van der Waals surface area contributed by atoms with E-state index in [2.05, 4.69) is 10.3 Å². The molecule has 204 valence electrons. The number of anilines is 1. The number of hydrogen-bond acceptors (Lipinski definition) is 6.